The van der Waals surface area contributed by atoms with Crippen LogP contribution in [0, 0.1) is 0 Å². The third kappa shape index (κ3) is 1.03. The highest BCUT2D eigenvalue weighted by atomic mass is 16.3. The second-order valence-corrected chi connectivity index (χ2v) is 3.03. The SMILES string of the molecule is C1=CN=C(c2cc3ccccc3o2)[N]1. The third-order valence-electron chi connectivity index (χ3n) is 2.11. The molecule has 0 bridgehead atoms. The first-order chi connectivity index (χ1) is 6.93. The van der Waals surface area contributed by atoms with Crippen molar-refractivity contribution in [2.24, 2.45) is 4.99 Å². The van der Waals surface area contributed by atoms with E-state index >= 15 is 0 Å². The predicted molar refractivity (Wildman–Crippen MR) is 54.0 cm³/mol. The number of para-hydroxylation sites is 1. The van der Waals surface area contributed by atoms with Crippen LogP contribution in [0.25, 0.3) is 11.0 Å². The molecule has 3 nitrogen and oxygen atoms in total. The zero-order valence-corrected chi connectivity index (χ0v) is 7.34. The van der Waals surface area contributed by atoms with Crippen LogP contribution < -0.4 is 5.32 Å². The van der Waals surface area contributed by atoms with Gasteiger partial charge in [0.25, 0.3) is 0 Å². The van der Waals surface area contributed by atoms with Gasteiger partial charge in [0.2, 0.25) is 0 Å². The van der Waals surface area contributed by atoms with Gasteiger partial charge in [-0.3, -0.25) is 0 Å². The molecular formula is C11H7N2O. The maximum Gasteiger partial charge on any atom is 0.195 e. The van der Waals surface area contributed by atoms with Gasteiger partial charge in [-0.15, -0.1) is 0 Å². The first-order valence-electron chi connectivity index (χ1n) is 4.36. The molecule has 0 saturated heterocycles. The van der Waals surface area contributed by atoms with E-state index in [1.54, 1.807) is 12.4 Å². The van der Waals surface area contributed by atoms with Gasteiger partial charge in [-0.2, -0.15) is 0 Å². The minimum atomic E-state index is 0.640. The monoisotopic (exact) mass is 183 g/mol. The summed E-state index contributed by atoms with van der Waals surface area (Å²) in [5.74, 6) is 1.36. The Morgan fingerprint density at radius 2 is 2.00 bits per heavy atom. The fourth-order valence-electron chi connectivity index (χ4n) is 1.46. The number of fused-ring (bicyclic) bond motifs is 1. The van der Waals surface area contributed by atoms with Gasteiger partial charge < -0.3 is 4.42 Å². The summed E-state index contributed by atoms with van der Waals surface area (Å²) in [6.07, 6.45) is 3.31. The van der Waals surface area contributed by atoms with E-state index in [1.807, 2.05) is 30.3 Å². The molecule has 2 heterocycles. The molecule has 1 aromatic heterocycles. The molecule has 3 rings (SSSR count). The van der Waals surface area contributed by atoms with Gasteiger partial charge in [-0.05, 0) is 12.1 Å². The van der Waals surface area contributed by atoms with Crippen molar-refractivity contribution in [1.82, 2.24) is 5.32 Å². The summed E-state index contributed by atoms with van der Waals surface area (Å²) in [5.41, 5.74) is 0.868. The van der Waals surface area contributed by atoms with Crippen molar-refractivity contribution in [3.8, 4) is 0 Å². The molecule has 67 valence electrons. The molecular weight excluding hydrogens is 176 g/mol. The third-order valence-corrected chi connectivity index (χ3v) is 2.11. The van der Waals surface area contributed by atoms with Crippen molar-refractivity contribution < 1.29 is 4.42 Å². The van der Waals surface area contributed by atoms with Crippen molar-refractivity contribution >= 4 is 16.8 Å². The number of benzene rings is 1. The first-order valence-corrected chi connectivity index (χ1v) is 4.36. The van der Waals surface area contributed by atoms with E-state index in [0.29, 0.717) is 5.84 Å². The van der Waals surface area contributed by atoms with E-state index in [4.69, 9.17) is 4.42 Å². The zero-order valence-electron chi connectivity index (χ0n) is 7.34. The number of rotatable bonds is 1. The molecule has 3 heteroatoms. The van der Waals surface area contributed by atoms with Crippen LogP contribution in [0.2, 0.25) is 0 Å². The van der Waals surface area contributed by atoms with Crippen molar-refractivity contribution in [1.29, 1.82) is 0 Å². The lowest BCUT2D eigenvalue weighted by Crippen LogP contribution is -2.05. The average Bonchev–Trinajstić information content (AvgIpc) is 2.86. The van der Waals surface area contributed by atoms with Crippen LogP contribution in [0.5, 0.6) is 0 Å². The van der Waals surface area contributed by atoms with Gasteiger partial charge in [-0.1, -0.05) is 18.2 Å². The Morgan fingerprint density at radius 3 is 2.79 bits per heavy atom. The number of furan rings is 1. The summed E-state index contributed by atoms with van der Waals surface area (Å²) in [6, 6.07) is 9.81. The predicted octanol–water partition coefficient (Wildman–Crippen LogP) is 2.27. The molecule has 0 fully saturated rings. The van der Waals surface area contributed by atoms with Crippen LogP contribution in [-0.4, -0.2) is 5.84 Å². The molecule has 2 aromatic rings. The van der Waals surface area contributed by atoms with Crippen molar-refractivity contribution in [2.45, 2.75) is 0 Å². The number of hydrogen-bond acceptors (Lipinski definition) is 2. The Balaban J connectivity index is 2.15. The molecule has 1 radical (unpaired) electrons. The Kier molecular flexibility index (Phi) is 1.44. The normalized spacial score (nSPS) is 14.4. The minimum Gasteiger partial charge on any atom is -0.453 e. The maximum atomic E-state index is 5.59. The topological polar surface area (TPSA) is 39.6 Å². The molecule has 0 unspecified atom stereocenters. The Hall–Kier alpha value is -2.03. The van der Waals surface area contributed by atoms with Gasteiger partial charge in [0.05, 0.1) is 0 Å². The maximum absolute atomic E-state index is 5.59. The summed E-state index contributed by atoms with van der Waals surface area (Å²) in [6.45, 7) is 0. The summed E-state index contributed by atoms with van der Waals surface area (Å²) in [7, 11) is 0. The molecule has 1 aromatic carbocycles. The average molecular weight is 183 g/mol. The van der Waals surface area contributed by atoms with Gasteiger partial charge >= 0.3 is 0 Å². The van der Waals surface area contributed by atoms with Crippen molar-refractivity contribution in [3.05, 3.63) is 48.5 Å². The second kappa shape index (κ2) is 2.73. The lowest BCUT2D eigenvalue weighted by molar-refractivity contribution is 0.602. The van der Waals surface area contributed by atoms with Crippen LogP contribution in [0.1, 0.15) is 5.76 Å². The van der Waals surface area contributed by atoms with E-state index in [9.17, 15) is 0 Å². The Bertz CT molecular complexity index is 504. The second-order valence-electron chi connectivity index (χ2n) is 3.03. The summed E-state index contributed by atoms with van der Waals surface area (Å²) < 4.78 is 5.59. The standard InChI is InChI=1S/C11H7N2O/c1-2-4-9-8(3-1)7-10(14-9)11-12-5-6-13-11/h1-7H. The summed E-state index contributed by atoms with van der Waals surface area (Å²) in [5, 5.41) is 5.15. The van der Waals surface area contributed by atoms with Gasteiger partial charge in [0.1, 0.15) is 5.58 Å². The lowest BCUT2D eigenvalue weighted by Gasteiger charge is -1.90. The molecule has 0 amide bonds. The zero-order chi connectivity index (χ0) is 9.38. The van der Waals surface area contributed by atoms with Crippen LogP contribution in [-0.2, 0) is 0 Å². The van der Waals surface area contributed by atoms with E-state index in [0.717, 1.165) is 16.7 Å². The summed E-state index contributed by atoms with van der Waals surface area (Å²) in [4.78, 5) is 4.08. The molecule has 0 N–H and O–H groups in total. The van der Waals surface area contributed by atoms with E-state index in [1.165, 1.54) is 0 Å². The van der Waals surface area contributed by atoms with E-state index in [-0.39, 0.29) is 0 Å². The summed E-state index contributed by atoms with van der Waals surface area (Å²) >= 11 is 0. The van der Waals surface area contributed by atoms with Crippen LogP contribution in [0.15, 0.2) is 52.1 Å². The Morgan fingerprint density at radius 1 is 1.07 bits per heavy atom. The molecule has 14 heavy (non-hydrogen) atoms. The number of nitrogens with zero attached hydrogens (tertiary/aromatic N) is 2. The van der Waals surface area contributed by atoms with Crippen molar-refractivity contribution in [3.63, 3.8) is 0 Å². The highest BCUT2D eigenvalue weighted by Gasteiger charge is 2.11. The highest BCUT2D eigenvalue weighted by molar-refractivity contribution is 6.01. The quantitative estimate of drug-likeness (QED) is 0.668. The lowest BCUT2D eigenvalue weighted by atomic mass is 10.2. The van der Waals surface area contributed by atoms with Crippen LogP contribution >= 0.6 is 0 Å². The minimum absolute atomic E-state index is 0.640. The molecule has 0 aliphatic carbocycles. The fourth-order valence-corrected chi connectivity index (χ4v) is 1.46. The van der Waals surface area contributed by atoms with Crippen LogP contribution in [0.3, 0.4) is 0 Å². The molecule has 0 saturated carbocycles. The molecule has 1 aliphatic rings. The number of hydrogen-bond donors (Lipinski definition) is 0. The smallest absolute Gasteiger partial charge is 0.195 e. The first kappa shape index (κ1) is 7.38. The number of aliphatic imine (C=N–C) groups is 1. The molecule has 0 spiro atoms. The largest absolute Gasteiger partial charge is 0.453 e. The Labute approximate surface area is 80.8 Å². The van der Waals surface area contributed by atoms with Gasteiger partial charge in [0.15, 0.2) is 11.6 Å². The van der Waals surface area contributed by atoms with Crippen molar-refractivity contribution in [2.75, 3.05) is 0 Å². The highest BCUT2D eigenvalue weighted by Crippen LogP contribution is 2.19. The van der Waals surface area contributed by atoms with Gasteiger partial charge in [-0.25, -0.2) is 10.3 Å². The number of amidine groups is 1. The molecule has 1 aliphatic heterocycles. The van der Waals surface area contributed by atoms with E-state index < -0.39 is 0 Å². The van der Waals surface area contributed by atoms with E-state index in [2.05, 4.69) is 10.3 Å². The van der Waals surface area contributed by atoms with Gasteiger partial charge in [0, 0.05) is 17.8 Å². The molecule has 0 atom stereocenters. The fraction of sp³-hybridized carbons (Fsp3) is 0. The van der Waals surface area contributed by atoms with Crippen LogP contribution in [0.4, 0.5) is 0 Å².